The predicted molar refractivity (Wildman–Crippen MR) is 252 cm³/mol. The lowest BCUT2D eigenvalue weighted by atomic mass is 9.79. The summed E-state index contributed by atoms with van der Waals surface area (Å²) in [4.78, 5) is 5.33. The molecular formula is C56H61N3. The molecule has 6 aromatic carbocycles. The maximum absolute atomic E-state index is 10.2. The molecule has 0 N–H and O–H groups in total. The van der Waals surface area contributed by atoms with Crippen LogP contribution in [0.2, 0.25) is 0 Å². The van der Waals surface area contributed by atoms with Gasteiger partial charge < -0.3 is 9.80 Å². The highest BCUT2D eigenvalue weighted by Gasteiger charge is 2.37. The van der Waals surface area contributed by atoms with E-state index in [4.69, 9.17) is 0 Å². The monoisotopic (exact) mass is 775 g/mol. The van der Waals surface area contributed by atoms with Crippen molar-refractivity contribution in [3.8, 4) is 17.2 Å². The van der Waals surface area contributed by atoms with Crippen LogP contribution in [0.5, 0.6) is 0 Å². The largest absolute Gasteiger partial charge is 0.309 e. The van der Waals surface area contributed by atoms with E-state index in [-0.39, 0.29) is 0 Å². The summed E-state index contributed by atoms with van der Waals surface area (Å²) in [6, 6.07) is 15.5. The van der Waals surface area contributed by atoms with Crippen molar-refractivity contribution in [1.82, 2.24) is 0 Å². The topological polar surface area (TPSA) is 30.3 Å². The number of anilines is 6. The molecule has 2 aliphatic heterocycles. The van der Waals surface area contributed by atoms with E-state index in [1.54, 1.807) is 0 Å². The molecule has 0 saturated heterocycles. The SMILES string of the molecule is Cc1c(N2c3c(C)c(C)c(C)c(C)c3Cc3c(C)c(C)c(C)c(C)c32)cc(-c2cccc(C#N)c2)cc1N1c2c(C)c(C)c(C)c(C)c2Cc2c(C)c(C)c(C)c(C)c21. The molecule has 8 rings (SSSR count). The summed E-state index contributed by atoms with van der Waals surface area (Å²) in [6.07, 6.45) is 1.83. The van der Waals surface area contributed by atoms with Crippen molar-refractivity contribution >= 4 is 34.1 Å². The van der Waals surface area contributed by atoms with E-state index >= 15 is 0 Å². The number of hydrogen-bond acceptors (Lipinski definition) is 3. The molecule has 0 radical (unpaired) electrons. The van der Waals surface area contributed by atoms with Gasteiger partial charge in [-0.1, -0.05) is 12.1 Å². The Labute approximate surface area is 354 Å². The molecule has 0 bridgehead atoms. The smallest absolute Gasteiger partial charge is 0.0991 e. The molecule has 6 aromatic rings. The maximum Gasteiger partial charge on any atom is 0.0991 e. The molecule has 0 fully saturated rings. The van der Waals surface area contributed by atoms with Crippen LogP contribution in [0.3, 0.4) is 0 Å². The third-order valence-corrected chi connectivity index (χ3v) is 15.9. The lowest BCUT2D eigenvalue weighted by Crippen LogP contribution is -2.27. The van der Waals surface area contributed by atoms with E-state index in [0.29, 0.717) is 5.56 Å². The number of benzene rings is 6. The predicted octanol–water partition coefficient (Wildman–Crippen LogP) is 15.2. The normalized spacial score (nSPS) is 12.9. The summed E-state index contributed by atoms with van der Waals surface area (Å²) in [5.41, 5.74) is 39.2. The molecule has 2 heterocycles. The molecule has 300 valence electrons. The Morgan fingerprint density at radius 1 is 0.356 bits per heavy atom. The first-order valence-electron chi connectivity index (χ1n) is 21.5. The minimum Gasteiger partial charge on any atom is -0.309 e. The van der Waals surface area contributed by atoms with Gasteiger partial charge in [-0.05, 0) is 270 Å². The van der Waals surface area contributed by atoms with Gasteiger partial charge in [0, 0.05) is 12.8 Å². The molecular weight excluding hydrogens is 715 g/mol. The molecule has 3 nitrogen and oxygen atoms in total. The third kappa shape index (κ3) is 5.59. The van der Waals surface area contributed by atoms with Crippen LogP contribution in [0.4, 0.5) is 34.1 Å². The van der Waals surface area contributed by atoms with Gasteiger partial charge in [0.1, 0.15) is 0 Å². The third-order valence-electron chi connectivity index (χ3n) is 15.9. The van der Waals surface area contributed by atoms with Crippen molar-refractivity contribution in [1.29, 1.82) is 5.26 Å². The average Bonchev–Trinajstić information content (AvgIpc) is 3.24. The molecule has 0 aromatic heterocycles. The summed E-state index contributed by atoms with van der Waals surface area (Å²) in [5, 5.41) is 10.2. The van der Waals surface area contributed by atoms with Crippen molar-refractivity contribution in [3.05, 3.63) is 159 Å². The van der Waals surface area contributed by atoms with Crippen molar-refractivity contribution in [2.45, 2.75) is 131 Å². The minimum absolute atomic E-state index is 0.666. The minimum atomic E-state index is 0.666. The second-order valence-electron chi connectivity index (χ2n) is 18.2. The molecule has 2 aliphatic rings. The lowest BCUT2D eigenvalue weighted by molar-refractivity contribution is 0.985. The Morgan fingerprint density at radius 3 is 0.966 bits per heavy atom. The summed E-state index contributed by atoms with van der Waals surface area (Å²) >= 11 is 0. The van der Waals surface area contributed by atoms with Crippen molar-refractivity contribution < 1.29 is 0 Å². The van der Waals surface area contributed by atoms with Crippen LogP contribution in [0.25, 0.3) is 11.1 Å². The van der Waals surface area contributed by atoms with Crippen molar-refractivity contribution in [2.75, 3.05) is 9.80 Å². The van der Waals surface area contributed by atoms with Crippen LogP contribution < -0.4 is 9.80 Å². The van der Waals surface area contributed by atoms with Crippen LogP contribution in [-0.4, -0.2) is 0 Å². The Bertz CT molecular complexity index is 2600. The molecule has 0 spiro atoms. The fourth-order valence-corrected chi connectivity index (χ4v) is 10.7. The summed E-state index contributed by atoms with van der Waals surface area (Å²) in [6.45, 7) is 39.5. The fourth-order valence-electron chi connectivity index (χ4n) is 10.7. The molecule has 3 heteroatoms. The Hall–Kier alpha value is -5.59. The number of rotatable bonds is 3. The first-order chi connectivity index (χ1) is 27.8. The highest BCUT2D eigenvalue weighted by molar-refractivity contribution is 5.98. The van der Waals surface area contributed by atoms with Gasteiger partial charge >= 0.3 is 0 Å². The van der Waals surface area contributed by atoms with E-state index in [1.165, 1.54) is 151 Å². The molecule has 0 aliphatic carbocycles. The molecule has 0 unspecified atom stereocenters. The maximum atomic E-state index is 10.2. The summed E-state index contributed by atoms with van der Waals surface area (Å²) in [5.74, 6) is 0. The number of hydrogen-bond donors (Lipinski definition) is 0. The van der Waals surface area contributed by atoms with E-state index in [1.807, 2.05) is 12.1 Å². The fraction of sp³-hybridized carbons (Fsp3) is 0.339. The lowest BCUT2D eigenvalue weighted by Gasteiger charge is -2.43. The van der Waals surface area contributed by atoms with Gasteiger partial charge in [-0.3, -0.25) is 0 Å². The van der Waals surface area contributed by atoms with Crippen LogP contribution in [0.1, 0.15) is 122 Å². The van der Waals surface area contributed by atoms with Crippen LogP contribution in [0, 0.1) is 129 Å². The van der Waals surface area contributed by atoms with Crippen molar-refractivity contribution in [3.63, 3.8) is 0 Å². The highest BCUT2D eigenvalue weighted by atomic mass is 15.2. The number of nitrogens with zero attached hydrogens (tertiary/aromatic N) is 3. The van der Waals surface area contributed by atoms with Crippen LogP contribution >= 0.6 is 0 Å². The van der Waals surface area contributed by atoms with E-state index in [0.717, 1.165) is 24.0 Å². The van der Waals surface area contributed by atoms with Gasteiger partial charge in [-0.25, -0.2) is 0 Å². The number of nitriles is 1. The van der Waals surface area contributed by atoms with Gasteiger partial charge in [-0.2, -0.15) is 5.26 Å². The highest BCUT2D eigenvalue weighted by Crippen LogP contribution is 2.57. The van der Waals surface area contributed by atoms with E-state index in [2.05, 4.69) is 158 Å². The Morgan fingerprint density at radius 2 is 0.661 bits per heavy atom. The summed E-state index contributed by atoms with van der Waals surface area (Å²) < 4.78 is 0. The second kappa shape index (κ2) is 14.0. The van der Waals surface area contributed by atoms with E-state index < -0.39 is 0 Å². The van der Waals surface area contributed by atoms with Crippen LogP contribution in [0.15, 0.2) is 36.4 Å². The molecule has 59 heavy (non-hydrogen) atoms. The Kier molecular flexibility index (Phi) is 9.55. The second-order valence-corrected chi connectivity index (χ2v) is 18.2. The number of fused-ring (bicyclic) bond motifs is 4. The molecule has 0 amide bonds. The zero-order valence-corrected chi connectivity index (χ0v) is 38.7. The zero-order chi connectivity index (χ0) is 42.8. The van der Waals surface area contributed by atoms with Gasteiger partial charge in [0.2, 0.25) is 0 Å². The van der Waals surface area contributed by atoms with Crippen molar-refractivity contribution in [2.24, 2.45) is 0 Å². The Balaban J connectivity index is 1.60. The van der Waals surface area contributed by atoms with Crippen LogP contribution in [-0.2, 0) is 12.8 Å². The average molecular weight is 776 g/mol. The first kappa shape index (κ1) is 40.2. The van der Waals surface area contributed by atoms with Gasteiger partial charge in [-0.15, -0.1) is 0 Å². The van der Waals surface area contributed by atoms with Gasteiger partial charge in [0.25, 0.3) is 0 Å². The van der Waals surface area contributed by atoms with Gasteiger partial charge in [0.15, 0.2) is 0 Å². The molecule has 0 saturated carbocycles. The van der Waals surface area contributed by atoms with Gasteiger partial charge in [0.05, 0.1) is 45.8 Å². The zero-order valence-electron chi connectivity index (χ0n) is 38.7. The molecule has 0 atom stereocenters. The first-order valence-corrected chi connectivity index (χ1v) is 21.5. The summed E-state index contributed by atoms with van der Waals surface area (Å²) in [7, 11) is 0. The quantitative estimate of drug-likeness (QED) is 0.179. The standard InChI is InChI=1S/C56H61N3/c1-27-31(5)39(13)53-47(35(27)9)24-48-36(10)28(2)32(6)40(14)54(48)58(53)51-22-46(45-20-18-19-44(21-45)26-57)23-52(43(51)17)59-55-41(15)33(7)29(3)37(11)49(55)25-50-38(12)30(4)34(8)42(16)56(50)59/h18-23H,24-25H2,1-17H3. The van der Waals surface area contributed by atoms with E-state index in [9.17, 15) is 5.26 Å².